The Labute approximate surface area is 158 Å². The maximum atomic E-state index is 6.07. The zero-order valence-corrected chi connectivity index (χ0v) is 16.5. The summed E-state index contributed by atoms with van der Waals surface area (Å²) in [5, 5.41) is 1.33. The van der Waals surface area contributed by atoms with Gasteiger partial charge in [-0.25, -0.2) is 9.97 Å². The van der Waals surface area contributed by atoms with Gasteiger partial charge in [0.15, 0.2) is 0 Å². The Bertz CT molecular complexity index is 817. The highest BCUT2D eigenvalue weighted by atomic mass is 32.1. The largest absolute Gasteiger partial charge is 0.382 e. The summed E-state index contributed by atoms with van der Waals surface area (Å²) in [6, 6.07) is 0. The summed E-state index contributed by atoms with van der Waals surface area (Å²) >= 11 is 1.92. The summed E-state index contributed by atoms with van der Waals surface area (Å²) in [5.74, 6) is 2.80. The fourth-order valence-corrected chi connectivity index (χ4v) is 5.67. The zero-order valence-electron chi connectivity index (χ0n) is 15.7. The standard InChI is InChI=1S/C20H27N3O2S/c1-12-9-23(10-14(25-12)11-24-2)19-17-15-5-3-4-6-16(15)26-20(17)22-18(21-19)13-7-8-13/h12-14H,3-11H2,1-2H3. The van der Waals surface area contributed by atoms with Crippen LogP contribution in [0.25, 0.3) is 10.2 Å². The first kappa shape index (κ1) is 16.9. The number of aromatic nitrogens is 2. The number of methoxy groups -OCH3 is 1. The van der Waals surface area contributed by atoms with Gasteiger partial charge in [-0.15, -0.1) is 11.3 Å². The number of hydrogen-bond acceptors (Lipinski definition) is 6. The molecule has 0 spiro atoms. The van der Waals surface area contributed by atoms with E-state index in [1.54, 1.807) is 12.0 Å². The van der Waals surface area contributed by atoms with Gasteiger partial charge in [-0.3, -0.25) is 0 Å². The van der Waals surface area contributed by atoms with Crippen molar-refractivity contribution in [3.63, 3.8) is 0 Å². The molecule has 26 heavy (non-hydrogen) atoms. The van der Waals surface area contributed by atoms with Gasteiger partial charge in [-0.2, -0.15) is 0 Å². The van der Waals surface area contributed by atoms with Gasteiger partial charge in [-0.1, -0.05) is 0 Å². The lowest BCUT2D eigenvalue weighted by molar-refractivity contribution is -0.0512. The molecule has 0 bridgehead atoms. The van der Waals surface area contributed by atoms with E-state index in [9.17, 15) is 0 Å². The average molecular weight is 374 g/mol. The summed E-state index contributed by atoms with van der Waals surface area (Å²) in [5.41, 5.74) is 1.52. The highest BCUT2D eigenvalue weighted by molar-refractivity contribution is 7.19. The van der Waals surface area contributed by atoms with Crippen molar-refractivity contribution in [2.75, 3.05) is 31.7 Å². The number of nitrogens with zero attached hydrogens (tertiary/aromatic N) is 3. The van der Waals surface area contributed by atoms with E-state index in [2.05, 4.69) is 11.8 Å². The molecule has 140 valence electrons. The van der Waals surface area contributed by atoms with Crippen LogP contribution in [0.4, 0.5) is 5.82 Å². The first-order valence-electron chi connectivity index (χ1n) is 9.94. The number of thiophene rings is 1. The van der Waals surface area contributed by atoms with E-state index in [0.29, 0.717) is 12.5 Å². The summed E-state index contributed by atoms with van der Waals surface area (Å²) in [6.07, 6.45) is 7.75. The number of fused-ring (bicyclic) bond motifs is 3. The summed E-state index contributed by atoms with van der Waals surface area (Å²) in [6.45, 7) is 4.52. The molecular weight excluding hydrogens is 346 g/mol. The SMILES string of the molecule is COCC1CN(c2nc(C3CC3)nc3sc4c(c23)CCCC4)CC(C)O1. The molecule has 5 rings (SSSR count). The van der Waals surface area contributed by atoms with Crippen molar-refractivity contribution in [3.8, 4) is 0 Å². The van der Waals surface area contributed by atoms with Gasteiger partial charge in [-0.05, 0) is 51.0 Å². The van der Waals surface area contributed by atoms with Crippen LogP contribution in [0.3, 0.4) is 0 Å². The van der Waals surface area contributed by atoms with Crippen molar-refractivity contribution < 1.29 is 9.47 Å². The Hall–Kier alpha value is -1.24. The number of morpholine rings is 1. The molecule has 6 heteroatoms. The Morgan fingerprint density at radius 2 is 2.04 bits per heavy atom. The maximum absolute atomic E-state index is 6.07. The van der Waals surface area contributed by atoms with Crippen LogP contribution in [-0.4, -0.2) is 49.0 Å². The molecule has 1 saturated carbocycles. The van der Waals surface area contributed by atoms with Crippen molar-refractivity contribution >= 4 is 27.4 Å². The smallest absolute Gasteiger partial charge is 0.141 e. The van der Waals surface area contributed by atoms with Crippen LogP contribution >= 0.6 is 11.3 Å². The molecule has 0 amide bonds. The first-order chi connectivity index (χ1) is 12.7. The molecule has 0 N–H and O–H groups in total. The molecule has 2 aromatic heterocycles. The van der Waals surface area contributed by atoms with Crippen molar-refractivity contribution in [3.05, 3.63) is 16.3 Å². The van der Waals surface area contributed by atoms with E-state index < -0.39 is 0 Å². The molecule has 2 aromatic rings. The van der Waals surface area contributed by atoms with Crippen LogP contribution in [0.15, 0.2) is 0 Å². The fourth-order valence-electron chi connectivity index (χ4n) is 4.40. The normalized spacial score (nSPS) is 26.3. The van der Waals surface area contributed by atoms with Gasteiger partial charge >= 0.3 is 0 Å². The topological polar surface area (TPSA) is 47.5 Å². The third-order valence-corrected chi connectivity index (χ3v) is 6.92. The maximum Gasteiger partial charge on any atom is 0.141 e. The molecule has 2 atom stereocenters. The van der Waals surface area contributed by atoms with Gasteiger partial charge < -0.3 is 14.4 Å². The molecular formula is C20H27N3O2S. The van der Waals surface area contributed by atoms with Crippen molar-refractivity contribution in [2.45, 2.75) is 63.6 Å². The molecule has 0 radical (unpaired) electrons. The van der Waals surface area contributed by atoms with E-state index in [4.69, 9.17) is 19.4 Å². The number of anilines is 1. The molecule has 2 fully saturated rings. The van der Waals surface area contributed by atoms with Gasteiger partial charge in [0.1, 0.15) is 16.5 Å². The number of rotatable bonds is 4. The molecule has 1 saturated heterocycles. The van der Waals surface area contributed by atoms with Crippen LogP contribution in [0, 0.1) is 0 Å². The second-order valence-corrected chi connectivity index (χ2v) is 9.08. The third kappa shape index (κ3) is 3.02. The monoisotopic (exact) mass is 373 g/mol. The molecule has 3 heterocycles. The van der Waals surface area contributed by atoms with Gasteiger partial charge in [0.25, 0.3) is 0 Å². The molecule has 3 aliphatic rings. The van der Waals surface area contributed by atoms with E-state index in [1.165, 1.54) is 54.3 Å². The third-order valence-electron chi connectivity index (χ3n) is 5.73. The molecule has 2 aliphatic carbocycles. The van der Waals surface area contributed by atoms with Crippen LogP contribution in [0.5, 0.6) is 0 Å². The fraction of sp³-hybridized carbons (Fsp3) is 0.700. The second kappa shape index (κ2) is 6.73. The lowest BCUT2D eigenvalue weighted by atomic mass is 9.96. The highest BCUT2D eigenvalue weighted by Crippen LogP contribution is 2.44. The minimum absolute atomic E-state index is 0.104. The van der Waals surface area contributed by atoms with Crippen LogP contribution in [0.1, 0.15) is 54.8 Å². The zero-order chi connectivity index (χ0) is 17.7. The molecule has 2 unspecified atom stereocenters. The van der Waals surface area contributed by atoms with E-state index in [-0.39, 0.29) is 12.2 Å². The summed E-state index contributed by atoms with van der Waals surface area (Å²) in [4.78, 5) is 15.3. The van der Waals surface area contributed by atoms with Crippen molar-refractivity contribution in [2.24, 2.45) is 0 Å². The Morgan fingerprint density at radius 1 is 1.19 bits per heavy atom. The Balaban J connectivity index is 1.61. The number of ether oxygens (including phenoxy) is 2. The highest BCUT2D eigenvalue weighted by Gasteiger charge is 2.33. The van der Waals surface area contributed by atoms with Crippen molar-refractivity contribution in [1.29, 1.82) is 0 Å². The summed E-state index contributed by atoms with van der Waals surface area (Å²) in [7, 11) is 1.75. The van der Waals surface area contributed by atoms with Crippen molar-refractivity contribution in [1.82, 2.24) is 9.97 Å². The molecule has 5 nitrogen and oxygen atoms in total. The predicted octanol–water partition coefficient (Wildman–Crippen LogP) is 3.69. The minimum Gasteiger partial charge on any atom is -0.382 e. The average Bonchev–Trinajstić information content (AvgIpc) is 3.41. The molecule has 1 aliphatic heterocycles. The summed E-state index contributed by atoms with van der Waals surface area (Å²) < 4.78 is 11.4. The number of aryl methyl sites for hydroxylation is 2. The quantitative estimate of drug-likeness (QED) is 0.818. The van der Waals surface area contributed by atoms with E-state index in [1.807, 2.05) is 11.3 Å². The van der Waals surface area contributed by atoms with Gasteiger partial charge in [0, 0.05) is 31.0 Å². The Kier molecular flexibility index (Phi) is 4.38. The van der Waals surface area contributed by atoms with Crippen LogP contribution < -0.4 is 4.90 Å². The second-order valence-electron chi connectivity index (χ2n) is 8.00. The lowest BCUT2D eigenvalue weighted by Gasteiger charge is -2.37. The number of hydrogen-bond donors (Lipinski definition) is 0. The molecule has 0 aromatic carbocycles. The Morgan fingerprint density at radius 3 is 2.85 bits per heavy atom. The van der Waals surface area contributed by atoms with Crippen LogP contribution in [-0.2, 0) is 22.3 Å². The minimum atomic E-state index is 0.104. The van der Waals surface area contributed by atoms with E-state index >= 15 is 0 Å². The first-order valence-corrected chi connectivity index (χ1v) is 10.8. The van der Waals surface area contributed by atoms with E-state index in [0.717, 1.165) is 24.7 Å². The van der Waals surface area contributed by atoms with Crippen LogP contribution in [0.2, 0.25) is 0 Å². The lowest BCUT2D eigenvalue weighted by Crippen LogP contribution is -2.48. The van der Waals surface area contributed by atoms with Gasteiger partial charge in [0.05, 0.1) is 24.2 Å². The predicted molar refractivity (Wildman–Crippen MR) is 104 cm³/mol. The van der Waals surface area contributed by atoms with Gasteiger partial charge in [0.2, 0.25) is 0 Å².